The van der Waals surface area contributed by atoms with Crippen molar-refractivity contribution in [1.82, 2.24) is 0 Å². The first-order valence-electron chi connectivity index (χ1n) is 12.5. The number of benzene rings is 4. The molecule has 8 heteroatoms. The number of rotatable bonds is 6. The van der Waals surface area contributed by atoms with E-state index in [0.29, 0.717) is 50.6 Å². The predicted octanol–water partition coefficient (Wildman–Crippen LogP) is 6.97. The van der Waals surface area contributed by atoms with Gasteiger partial charge in [-0.05, 0) is 42.8 Å². The molecule has 198 valence electrons. The maximum Gasteiger partial charge on any atom is 0.308 e. The van der Waals surface area contributed by atoms with Gasteiger partial charge in [-0.15, -0.1) is 11.3 Å². The third-order valence-electron chi connectivity index (χ3n) is 6.56. The maximum atomic E-state index is 12.4. The molecule has 0 atom stereocenters. The molecule has 0 amide bonds. The summed E-state index contributed by atoms with van der Waals surface area (Å²) < 4.78 is 18.9. The average molecular weight is 543 g/mol. The lowest BCUT2D eigenvalue weighted by Gasteiger charge is -2.16. The Morgan fingerprint density at radius 3 is 1.82 bits per heavy atom. The summed E-state index contributed by atoms with van der Waals surface area (Å²) in [6, 6.07) is 13.2. The van der Waals surface area contributed by atoms with E-state index in [2.05, 4.69) is 0 Å². The zero-order valence-corrected chi connectivity index (χ0v) is 23.0. The number of thiophene rings is 1. The molecule has 0 saturated carbocycles. The highest BCUT2D eigenvalue weighted by Crippen LogP contribution is 2.54. The standard InChI is InChI=1S/C31H26O7S/c1-15(32)10-11-20-12-13-23-24(14-20)28(37-18(4)34)26-25-27(36-17(3)33)22-9-7-6-8-21(22)16(2)30(25)39-31(26)29(23)38-19(5)35/h6-9,12-14H,10-11H2,1-5H3. The Labute approximate surface area is 228 Å². The minimum absolute atomic E-state index is 0.0589. The van der Waals surface area contributed by atoms with Gasteiger partial charge in [0.05, 0.1) is 10.1 Å². The number of Topliss-reactive ketones (excluding diaryl/α,β-unsaturated/α-hetero) is 1. The molecule has 1 heterocycles. The quantitative estimate of drug-likeness (QED) is 0.169. The summed E-state index contributed by atoms with van der Waals surface area (Å²) in [5.74, 6) is -0.507. The van der Waals surface area contributed by atoms with E-state index < -0.39 is 17.9 Å². The number of hydrogen-bond acceptors (Lipinski definition) is 8. The van der Waals surface area contributed by atoms with Gasteiger partial charge in [0.15, 0.2) is 5.75 Å². The van der Waals surface area contributed by atoms with Crippen molar-refractivity contribution < 1.29 is 33.4 Å². The fourth-order valence-corrected chi connectivity index (χ4v) is 6.31. The molecule has 0 radical (unpaired) electrons. The highest BCUT2D eigenvalue weighted by molar-refractivity contribution is 7.26. The molecule has 0 bridgehead atoms. The molecule has 0 spiro atoms. The van der Waals surface area contributed by atoms with Crippen molar-refractivity contribution in [1.29, 1.82) is 0 Å². The van der Waals surface area contributed by atoms with Crippen LogP contribution in [0, 0.1) is 6.92 Å². The molecular formula is C31H26O7S. The van der Waals surface area contributed by atoms with Gasteiger partial charge in [0.1, 0.15) is 17.3 Å². The summed E-state index contributed by atoms with van der Waals surface area (Å²) in [5.41, 5.74) is 1.81. The molecule has 0 aliphatic carbocycles. The molecule has 7 nitrogen and oxygen atoms in total. The van der Waals surface area contributed by atoms with Crippen molar-refractivity contribution in [2.75, 3.05) is 0 Å². The highest BCUT2D eigenvalue weighted by atomic mass is 32.1. The van der Waals surface area contributed by atoms with Crippen LogP contribution in [0.15, 0.2) is 42.5 Å². The summed E-state index contributed by atoms with van der Waals surface area (Å²) in [6.45, 7) is 7.50. The van der Waals surface area contributed by atoms with Crippen LogP contribution in [-0.2, 0) is 25.6 Å². The molecule has 39 heavy (non-hydrogen) atoms. The first-order chi connectivity index (χ1) is 18.6. The zero-order valence-electron chi connectivity index (χ0n) is 22.2. The van der Waals surface area contributed by atoms with Crippen LogP contribution in [-0.4, -0.2) is 23.7 Å². The van der Waals surface area contributed by atoms with Crippen LogP contribution in [0.25, 0.3) is 41.7 Å². The van der Waals surface area contributed by atoms with Gasteiger partial charge in [0.2, 0.25) is 0 Å². The summed E-state index contributed by atoms with van der Waals surface area (Å²) in [5, 5.41) is 3.89. The molecular weight excluding hydrogens is 516 g/mol. The minimum Gasteiger partial charge on any atom is -0.425 e. The Bertz CT molecular complexity index is 1860. The number of fused-ring (bicyclic) bond motifs is 5. The van der Waals surface area contributed by atoms with Gasteiger partial charge in [-0.2, -0.15) is 0 Å². The van der Waals surface area contributed by atoms with Crippen molar-refractivity contribution in [3.05, 3.63) is 53.6 Å². The molecule has 0 aliphatic rings. The number of carbonyl (C=O) groups is 4. The van der Waals surface area contributed by atoms with E-state index in [-0.39, 0.29) is 11.5 Å². The van der Waals surface area contributed by atoms with Crippen molar-refractivity contribution in [3.8, 4) is 17.2 Å². The van der Waals surface area contributed by atoms with Crippen molar-refractivity contribution in [2.24, 2.45) is 0 Å². The Morgan fingerprint density at radius 1 is 0.667 bits per heavy atom. The van der Waals surface area contributed by atoms with Crippen LogP contribution < -0.4 is 14.2 Å². The zero-order chi connectivity index (χ0) is 28.0. The van der Waals surface area contributed by atoms with Gasteiger partial charge in [-0.25, -0.2) is 0 Å². The second kappa shape index (κ2) is 10.1. The van der Waals surface area contributed by atoms with Crippen LogP contribution in [0.1, 0.15) is 45.2 Å². The summed E-state index contributed by atoms with van der Waals surface area (Å²) in [7, 11) is 0. The lowest BCUT2D eigenvalue weighted by molar-refractivity contribution is -0.132. The number of aryl methyl sites for hydroxylation is 2. The molecule has 5 rings (SSSR count). The normalized spacial score (nSPS) is 11.3. The molecule has 0 saturated heterocycles. The Morgan fingerprint density at radius 2 is 1.21 bits per heavy atom. The summed E-state index contributed by atoms with van der Waals surface area (Å²) in [4.78, 5) is 48.7. The van der Waals surface area contributed by atoms with Gasteiger partial charge in [0.25, 0.3) is 0 Å². The molecule has 0 aliphatic heterocycles. The van der Waals surface area contributed by atoms with Gasteiger partial charge in [-0.3, -0.25) is 14.4 Å². The second-order valence-corrected chi connectivity index (χ2v) is 10.6. The Balaban J connectivity index is 2.04. The Hall–Kier alpha value is -4.30. The molecule has 0 fully saturated rings. The number of hydrogen-bond donors (Lipinski definition) is 0. The largest absolute Gasteiger partial charge is 0.425 e. The monoisotopic (exact) mass is 542 g/mol. The van der Waals surface area contributed by atoms with E-state index >= 15 is 0 Å². The van der Waals surface area contributed by atoms with E-state index in [4.69, 9.17) is 14.2 Å². The third-order valence-corrected chi connectivity index (χ3v) is 7.87. The summed E-state index contributed by atoms with van der Waals surface area (Å²) in [6.07, 6.45) is 0.856. The van der Waals surface area contributed by atoms with Gasteiger partial charge in [0, 0.05) is 53.4 Å². The third kappa shape index (κ3) is 4.72. The second-order valence-electron chi connectivity index (χ2n) is 9.53. The topological polar surface area (TPSA) is 96.0 Å². The predicted molar refractivity (Wildman–Crippen MR) is 152 cm³/mol. The first-order valence-corrected chi connectivity index (χ1v) is 13.3. The summed E-state index contributed by atoms with van der Waals surface area (Å²) >= 11 is 1.38. The van der Waals surface area contributed by atoms with Crippen LogP contribution in [0.2, 0.25) is 0 Å². The number of ether oxygens (including phenoxy) is 3. The first kappa shape index (κ1) is 26.3. The van der Waals surface area contributed by atoms with Crippen LogP contribution in [0.5, 0.6) is 17.2 Å². The fraction of sp³-hybridized carbons (Fsp3) is 0.226. The lowest BCUT2D eigenvalue weighted by atomic mass is 9.96. The van der Waals surface area contributed by atoms with E-state index in [1.54, 1.807) is 0 Å². The van der Waals surface area contributed by atoms with Gasteiger partial charge < -0.3 is 19.0 Å². The molecule has 4 aromatic carbocycles. The highest BCUT2D eigenvalue weighted by Gasteiger charge is 2.27. The molecule has 0 N–H and O–H groups in total. The van der Waals surface area contributed by atoms with E-state index in [1.165, 1.54) is 39.0 Å². The average Bonchev–Trinajstić information content (AvgIpc) is 3.27. The van der Waals surface area contributed by atoms with Crippen LogP contribution in [0.4, 0.5) is 0 Å². The van der Waals surface area contributed by atoms with Gasteiger partial charge >= 0.3 is 17.9 Å². The number of ketones is 1. The number of esters is 3. The van der Waals surface area contributed by atoms with Crippen molar-refractivity contribution in [2.45, 2.75) is 47.5 Å². The van der Waals surface area contributed by atoms with Gasteiger partial charge in [-0.1, -0.05) is 36.4 Å². The van der Waals surface area contributed by atoms with E-state index in [9.17, 15) is 19.2 Å². The number of carbonyl (C=O) groups excluding carboxylic acids is 4. The van der Waals surface area contributed by atoms with E-state index in [1.807, 2.05) is 49.4 Å². The molecule has 5 aromatic rings. The SMILES string of the molecule is CC(=O)CCc1ccc2c(OC(C)=O)c3sc4c(C)c5ccccc5c(OC(C)=O)c4c3c(OC(C)=O)c2c1. The van der Waals surface area contributed by atoms with Crippen LogP contribution >= 0.6 is 11.3 Å². The Kier molecular flexibility index (Phi) is 6.82. The van der Waals surface area contributed by atoms with Crippen LogP contribution in [0.3, 0.4) is 0 Å². The smallest absolute Gasteiger partial charge is 0.308 e. The lowest BCUT2D eigenvalue weighted by Crippen LogP contribution is -2.06. The van der Waals surface area contributed by atoms with Crippen molar-refractivity contribution >= 4 is 76.7 Å². The maximum absolute atomic E-state index is 12.4. The fourth-order valence-electron chi connectivity index (χ4n) is 5.01. The molecule has 1 aromatic heterocycles. The van der Waals surface area contributed by atoms with E-state index in [0.717, 1.165) is 26.6 Å². The minimum atomic E-state index is -0.530. The van der Waals surface area contributed by atoms with Crippen molar-refractivity contribution in [3.63, 3.8) is 0 Å². The molecule has 0 unspecified atom stereocenters.